The molecule has 4 rings (SSSR count). The molecular weight excluding hydrogens is 294 g/mol. The Hall–Kier alpha value is -1.86. The van der Waals surface area contributed by atoms with Gasteiger partial charge < -0.3 is 14.1 Å². The summed E-state index contributed by atoms with van der Waals surface area (Å²) < 4.78 is 11.8. The Morgan fingerprint density at radius 2 is 2.04 bits per heavy atom. The van der Waals surface area contributed by atoms with Crippen LogP contribution in [-0.2, 0) is 4.74 Å². The molecule has 7 heteroatoms. The number of aryl methyl sites for hydroxylation is 1. The van der Waals surface area contributed by atoms with Crippen LogP contribution in [0.15, 0.2) is 10.6 Å². The Morgan fingerprint density at radius 3 is 2.78 bits per heavy atom. The molecule has 2 aromatic rings. The van der Waals surface area contributed by atoms with Crippen LogP contribution in [0.3, 0.4) is 0 Å². The van der Waals surface area contributed by atoms with Crippen LogP contribution in [0.2, 0.25) is 0 Å². The van der Waals surface area contributed by atoms with Gasteiger partial charge in [-0.25, -0.2) is 9.97 Å². The van der Waals surface area contributed by atoms with Crippen LogP contribution in [-0.4, -0.2) is 51.3 Å². The summed E-state index contributed by atoms with van der Waals surface area (Å²) in [6, 6.07) is 0. The number of ether oxygens (including phenoxy) is 1. The zero-order chi connectivity index (χ0) is 16.0. The van der Waals surface area contributed by atoms with Gasteiger partial charge in [-0.3, -0.25) is 0 Å². The SMILES string of the molecule is Cc1ncc(-c2nnc([C@H]3CN(C)C[C@@H](C)O3)o2)c(C2CC2)n1. The number of hydrogen-bond donors (Lipinski definition) is 0. The minimum atomic E-state index is -0.180. The predicted octanol–water partition coefficient (Wildman–Crippen LogP) is 2.10. The van der Waals surface area contributed by atoms with Crippen molar-refractivity contribution in [1.82, 2.24) is 25.1 Å². The highest BCUT2D eigenvalue weighted by Gasteiger charge is 2.32. The molecule has 0 radical (unpaired) electrons. The molecule has 0 bridgehead atoms. The first-order chi connectivity index (χ1) is 11.1. The lowest BCUT2D eigenvalue weighted by atomic mass is 10.1. The van der Waals surface area contributed by atoms with Crippen molar-refractivity contribution >= 4 is 0 Å². The van der Waals surface area contributed by atoms with E-state index in [-0.39, 0.29) is 12.2 Å². The van der Waals surface area contributed by atoms with Crippen molar-refractivity contribution in [2.75, 3.05) is 20.1 Å². The van der Waals surface area contributed by atoms with E-state index in [4.69, 9.17) is 9.15 Å². The van der Waals surface area contributed by atoms with Crippen molar-refractivity contribution in [3.63, 3.8) is 0 Å². The molecule has 1 saturated carbocycles. The van der Waals surface area contributed by atoms with Crippen molar-refractivity contribution in [2.45, 2.75) is 44.8 Å². The van der Waals surface area contributed by atoms with Gasteiger partial charge in [-0.05, 0) is 33.7 Å². The molecule has 0 amide bonds. The summed E-state index contributed by atoms with van der Waals surface area (Å²) in [6.45, 7) is 5.63. The van der Waals surface area contributed by atoms with E-state index in [0.717, 1.165) is 30.2 Å². The third-order valence-electron chi connectivity index (χ3n) is 4.29. The monoisotopic (exact) mass is 315 g/mol. The fourth-order valence-corrected chi connectivity index (χ4v) is 3.09. The first kappa shape index (κ1) is 14.7. The Kier molecular flexibility index (Phi) is 3.61. The summed E-state index contributed by atoms with van der Waals surface area (Å²) in [5.74, 6) is 2.30. The molecule has 1 saturated heterocycles. The van der Waals surface area contributed by atoms with Gasteiger partial charge in [0.05, 0.1) is 17.4 Å². The second-order valence-electron chi connectivity index (χ2n) is 6.59. The summed E-state index contributed by atoms with van der Waals surface area (Å²) >= 11 is 0. The molecule has 1 aliphatic carbocycles. The van der Waals surface area contributed by atoms with E-state index in [2.05, 4.69) is 39.0 Å². The third kappa shape index (κ3) is 2.98. The van der Waals surface area contributed by atoms with Crippen molar-refractivity contribution in [1.29, 1.82) is 0 Å². The summed E-state index contributed by atoms with van der Waals surface area (Å²) in [4.78, 5) is 11.1. The van der Waals surface area contributed by atoms with Gasteiger partial charge >= 0.3 is 0 Å². The van der Waals surface area contributed by atoms with E-state index >= 15 is 0 Å². The number of rotatable bonds is 3. The van der Waals surface area contributed by atoms with Crippen LogP contribution in [0.1, 0.15) is 49.2 Å². The first-order valence-corrected chi connectivity index (χ1v) is 8.11. The van der Waals surface area contributed by atoms with E-state index in [1.54, 1.807) is 6.20 Å². The van der Waals surface area contributed by atoms with Crippen LogP contribution in [0, 0.1) is 6.92 Å². The average molecular weight is 315 g/mol. The molecule has 2 atom stereocenters. The smallest absolute Gasteiger partial charge is 0.251 e. The highest BCUT2D eigenvalue weighted by Crippen LogP contribution is 2.43. The number of hydrogen-bond acceptors (Lipinski definition) is 7. The molecule has 0 spiro atoms. The molecule has 1 aliphatic heterocycles. The molecule has 7 nitrogen and oxygen atoms in total. The van der Waals surface area contributed by atoms with Gasteiger partial charge in [0.25, 0.3) is 5.89 Å². The fraction of sp³-hybridized carbons (Fsp3) is 0.625. The third-order valence-corrected chi connectivity index (χ3v) is 4.29. The lowest BCUT2D eigenvalue weighted by Crippen LogP contribution is -2.40. The van der Waals surface area contributed by atoms with Crippen LogP contribution in [0.5, 0.6) is 0 Å². The molecule has 2 aliphatic rings. The molecule has 2 fully saturated rings. The topological polar surface area (TPSA) is 77.2 Å². The Labute approximate surface area is 135 Å². The van der Waals surface area contributed by atoms with Crippen molar-refractivity contribution in [2.24, 2.45) is 0 Å². The molecule has 3 heterocycles. The minimum Gasteiger partial charge on any atom is -0.418 e. The van der Waals surface area contributed by atoms with Gasteiger partial charge in [0.1, 0.15) is 11.9 Å². The first-order valence-electron chi connectivity index (χ1n) is 8.11. The Morgan fingerprint density at radius 1 is 1.22 bits per heavy atom. The van der Waals surface area contributed by atoms with Crippen LogP contribution >= 0.6 is 0 Å². The lowest BCUT2D eigenvalue weighted by Gasteiger charge is -2.32. The zero-order valence-corrected chi connectivity index (χ0v) is 13.7. The van der Waals surface area contributed by atoms with Crippen LogP contribution in [0.25, 0.3) is 11.5 Å². The molecule has 0 N–H and O–H groups in total. The maximum Gasteiger partial charge on any atom is 0.251 e. The van der Waals surface area contributed by atoms with Crippen molar-refractivity contribution < 1.29 is 9.15 Å². The Bertz CT molecular complexity index is 702. The van der Waals surface area contributed by atoms with Crippen molar-refractivity contribution in [3.05, 3.63) is 23.6 Å². The number of likely N-dealkylation sites (N-methyl/N-ethyl adjacent to an activating group) is 1. The van der Waals surface area contributed by atoms with Crippen LogP contribution in [0.4, 0.5) is 0 Å². The average Bonchev–Trinajstić information content (AvgIpc) is 3.23. The van der Waals surface area contributed by atoms with E-state index in [0.29, 0.717) is 17.7 Å². The molecule has 122 valence electrons. The summed E-state index contributed by atoms with van der Waals surface area (Å²) in [6.07, 6.45) is 4.10. The lowest BCUT2D eigenvalue weighted by molar-refractivity contribution is -0.0821. The minimum absolute atomic E-state index is 0.152. The summed E-state index contributed by atoms with van der Waals surface area (Å²) in [5.41, 5.74) is 1.89. The van der Waals surface area contributed by atoms with Gasteiger partial charge in [-0.2, -0.15) is 0 Å². The van der Waals surface area contributed by atoms with Gasteiger partial charge in [0.15, 0.2) is 0 Å². The van der Waals surface area contributed by atoms with Gasteiger partial charge in [-0.1, -0.05) is 0 Å². The van der Waals surface area contributed by atoms with E-state index in [1.807, 2.05) is 6.92 Å². The van der Waals surface area contributed by atoms with E-state index in [9.17, 15) is 0 Å². The maximum atomic E-state index is 5.93. The second kappa shape index (κ2) is 5.65. The van der Waals surface area contributed by atoms with Crippen LogP contribution < -0.4 is 0 Å². The highest BCUT2D eigenvalue weighted by molar-refractivity contribution is 5.56. The summed E-state index contributed by atoms with van der Waals surface area (Å²) in [7, 11) is 2.07. The molecule has 23 heavy (non-hydrogen) atoms. The maximum absolute atomic E-state index is 5.93. The predicted molar refractivity (Wildman–Crippen MR) is 82.8 cm³/mol. The highest BCUT2D eigenvalue weighted by atomic mass is 16.5. The standard InChI is InChI=1S/C16H21N5O2/c1-9-7-21(3)8-13(22-9)16-20-19-15(23-16)12-6-17-10(2)18-14(12)11-4-5-11/h6,9,11,13H,4-5,7-8H2,1-3H3/t9-,13-/m1/s1. The van der Waals surface area contributed by atoms with Gasteiger partial charge in [0.2, 0.25) is 5.89 Å². The molecule has 0 aromatic carbocycles. The normalized spacial score (nSPS) is 25.7. The number of morpholine rings is 1. The summed E-state index contributed by atoms with van der Waals surface area (Å²) in [5, 5.41) is 8.42. The number of nitrogens with zero attached hydrogens (tertiary/aromatic N) is 5. The van der Waals surface area contributed by atoms with Gasteiger partial charge in [0, 0.05) is 25.2 Å². The van der Waals surface area contributed by atoms with E-state index < -0.39 is 0 Å². The molecule has 2 aromatic heterocycles. The fourth-order valence-electron chi connectivity index (χ4n) is 3.09. The van der Waals surface area contributed by atoms with Crippen molar-refractivity contribution in [3.8, 4) is 11.5 Å². The quantitative estimate of drug-likeness (QED) is 0.858. The Balaban J connectivity index is 1.63. The molecular formula is C16H21N5O2. The second-order valence-corrected chi connectivity index (χ2v) is 6.59. The largest absolute Gasteiger partial charge is 0.418 e. The van der Waals surface area contributed by atoms with E-state index in [1.165, 1.54) is 12.8 Å². The number of aromatic nitrogens is 4. The van der Waals surface area contributed by atoms with Gasteiger partial charge in [-0.15, -0.1) is 10.2 Å². The zero-order valence-electron chi connectivity index (χ0n) is 13.7. The molecule has 0 unspecified atom stereocenters.